The predicted octanol–water partition coefficient (Wildman–Crippen LogP) is 2.08. The highest BCUT2D eigenvalue weighted by Crippen LogP contribution is 2.29. The summed E-state index contributed by atoms with van der Waals surface area (Å²) in [5, 5.41) is 2.50. The van der Waals surface area contributed by atoms with E-state index in [1.54, 1.807) is 36.6 Å². The Balaban J connectivity index is 2.14. The van der Waals surface area contributed by atoms with Gasteiger partial charge in [0.15, 0.2) is 0 Å². The van der Waals surface area contributed by atoms with Crippen molar-refractivity contribution >= 4 is 17.4 Å². The summed E-state index contributed by atoms with van der Waals surface area (Å²) >= 11 is 0. The number of rotatable bonds is 1. The Kier molecular flexibility index (Phi) is 1.71. The molecule has 0 unspecified atom stereocenters. The number of carbonyl (C=O) groups excluding carboxylic acids is 2. The lowest BCUT2D eigenvalue weighted by atomic mass is 10.1. The summed E-state index contributed by atoms with van der Waals surface area (Å²) in [7, 11) is 0. The number of amides is 1. The SMILES string of the molecule is O=C1Nc2ccc(-c3ccco3)cc2C1=O. The van der Waals surface area contributed by atoms with E-state index in [1.165, 1.54) is 0 Å². The molecule has 0 bridgehead atoms. The average Bonchev–Trinajstić information content (AvgIpc) is 2.89. The number of benzene rings is 1. The van der Waals surface area contributed by atoms with Crippen molar-refractivity contribution in [2.75, 3.05) is 5.32 Å². The molecule has 0 fully saturated rings. The Labute approximate surface area is 90.9 Å². The Hall–Kier alpha value is -2.36. The summed E-state index contributed by atoms with van der Waals surface area (Å²) < 4.78 is 5.22. The zero-order valence-electron chi connectivity index (χ0n) is 8.19. The van der Waals surface area contributed by atoms with Crippen molar-refractivity contribution in [2.45, 2.75) is 0 Å². The van der Waals surface area contributed by atoms with Gasteiger partial charge in [0.05, 0.1) is 17.5 Å². The molecular formula is C12H7NO3. The number of furan rings is 1. The number of hydrogen-bond acceptors (Lipinski definition) is 3. The van der Waals surface area contributed by atoms with Gasteiger partial charge in [0.2, 0.25) is 0 Å². The number of ketones is 1. The average molecular weight is 213 g/mol. The quantitative estimate of drug-likeness (QED) is 0.738. The van der Waals surface area contributed by atoms with Crippen LogP contribution in [-0.2, 0) is 4.79 Å². The number of carbonyl (C=O) groups is 2. The standard InChI is InChI=1S/C12H7NO3/c14-11-8-6-7(10-2-1-5-16-10)3-4-9(8)13-12(11)15/h1-6H,(H,13,14,15). The van der Waals surface area contributed by atoms with Crippen LogP contribution in [0, 0.1) is 0 Å². The molecule has 1 N–H and O–H groups in total. The van der Waals surface area contributed by atoms with Crippen molar-refractivity contribution in [1.29, 1.82) is 0 Å². The lowest BCUT2D eigenvalue weighted by molar-refractivity contribution is -0.112. The summed E-state index contributed by atoms with van der Waals surface area (Å²) in [6, 6.07) is 8.74. The van der Waals surface area contributed by atoms with E-state index in [-0.39, 0.29) is 0 Å². The van der Waals surface area contributed by atoms with Crippen molar-refractivity contribution in [1.82, 2.24) is 0 Å². The number of nitrogens with one attached hydrogen (secondary N) is 1. The van der Waals surface area contributed by atoms with Gasteiger partial charge in [0, 0.05) is 5.56 Å². The fourth-order valence-electron chi connectivity index (χ4n) is 1.74. The third-order valence-corrected chi connectivity index (χ3v) is 2.52. The molecule has 0 atom stereocenters. The van der Waals surface area contributed by atoms with E-state index in [0.29, 0.717) is 17.0 Å². The molecule has 0 radical (unpaired) electrons. The number of anilines is 1. The Morgan fingerprint density at radius 2 is 2.00 bits per heavy atom. The fourth-order valence-corrected chi connectivity index (χ4v) is 1.74. The smallest absolute Gasteiger partial charge is 0.296 e. The van der Waals surface area contributed by atoms with Crippen LogP contribution < -0.4 is 5.32 Å². The van der Waals surface area contributed by atoms with Crippen LogP contribution in [-0.4, -0.2) is 11.7 Å². The normalized spacial score (nSPS) is 13.8. The summed E-state index contributed by atoms with van der Waals surface area (Å²) in [5.41, 5.74) is 1.75. The van der Waals surface area contributed by atoms with Gasteiger partial charge in [0.25, 0.3) is 11.7 Å². The Bertz CT molecular complexity index is 584. The molecule has 1 aromatic carbocycles. The first-order valence-electron chi connectivity index (χ1n) is 4.79. The fraction of sp³-hybridized carbons (Fsp3) is 0. The molecule has 3 rings (SSSR count). The van der Waals surface area contributed by atoms with Gasteiger partial charge in [-0.25, -0.2) is 0 Å². The van der Waals surface area contributed by atoms with E-state index in [2.05, 4.69) is 5.32 Å². The first kappa shape index (κ1) is 8.91. The van der Waals surface area contributed by atoms with Gasteiger partial charge in [-0.15, -0.1) is 0 Å². The molecule has 78 valence electrons. The molecule has 2 heterocycles. The topological polar surface area (TPSA) is 59.3 Å². The van der Waals surface area contributed by atoms with Crippen LogP contribution in [0.3, 0.4) is 0 Å². The maximum atomic E-state index is 11.5. The number of hydrogen-bond donors (Lipinski definition) is 1. The van der Waals surface area contributed by atoms with Crippen LogP contribution in [0.15, 0.2) is 41.0 Å². The minimum absolute atomic E-state index is 0.402. The summed E-state index contributed by atoms with van der Waals surface area (Å²) in [6.07, 6.45) is 1.56. The molecule has 1 aliphatic rings. The summed E-state index contributed by atoms with van der Waals surface area (Å²) in [4.78, 5) is 22.6. The summed E-state index contributed by atoms with van der Waals surface area (Å²) in [5.74, 6) is -0.398. The summed E-state index contributed by atoms with van der Waals surface area (Å²) in [6.45, 7) is 0. The van der Waals surface area contributed by atoms with Crippen molar-refractivity contribution in [2.24, 2.45) is 0 Å². The second-order valence-corrected chi connectivity index (χ2v) is 3.52. The monoisotopic (exact) mass is 213 g/mol. The molecule has 0 spiro atoms. The Morgan fingerprint density at radius 1 is 1.12 bits per heavy atom. The highest BCUT2D eigenvalue weighted by molar-refractivity contribution is 6.51. The van der Waals surface area contributed by atoms with Gasteiger partial charge in [-0.05, 0) is 30.3 Å². The molecule has 4 nitrogen and oxygen atoms in total. The van der Waals surface area contributed by atoms with Crippen LogP contribution in [0.2, 0.25) is 0 Å². The second kappa shape index (κ2) is 3.06. The van der Waals surface area contributed by atoms with Gasteiger partial charge in [-0.2, -0.15) is 0 Å². The number of fused-ring (bicyclic) bond motifs is 1. The van der Waals surface area contributed by atoms with Crippen LogP contribution in [0.5, 0.6) is 0 Å². The zero-order chi connectivity index (χ0) is 11.1. The minimum atomic E-state index is -0.577. The Morgan fingerprint density at radius 3 is 2.75 bits per heavy atom. The van der Waals surface area contributed by atoms with Crippen LogP contribution in [0.1, 0.15) is 10.4 Å². The molecule has 0 saturated carbocycles. The predicted molar refractivity (Wildman–Crippen MR) is 57.1 cm³/mol. The number of Topliss-reactive ketones (excluding diaryl/α,β-unsaturated/α-hetero) is 1. The first-order valence-corrected chi connectivity index (χ1v) is 4.79. The van der Waals surface area contributed by atoms with Crippen molar-refractivity contribution in [3.63, 3.8) is 0 Å². The van der Waals surface area contributed by atoms with Crippen LogP contribution in [0.25, 0.3) is 11.3 Å². The van der Waals surface area contributed by atoms with E-state index in [9.17, 15) is 9.59 Å². The van der Waals surface area contributed by atoms with E-state index in [1.807, 2.05) is 0 Å². The largest absolute Gasteiger partial charge is 0.464 e. The molecule has 16 heavy (non-hydrogen) atoms. The van der Waals surface area contributed by atoms with Gasteiger partial charge in [-0.1, -0.05) is 0 Å². The highest BCUT2D eigenvalue weighted by Gasteiger charge is 2.28. The van der Waals surface area contributed by atoms with Crippen LogP contribution in [0.4, 0.5) is 5.69 Å². The van der Waals surface area contributed by atoms with Crippen molar-refractivity contribution in [3.05, 3.63) is 42.2 Å². The zero-order valence-corrected chi connectivity index (χ0v) is 8.19. The molecular weight excluding hydrogens is 206 g/mol. The van der Waals surface area contributed by atoms with Gasteiger partial charge in [-0.3, -0.25) is 9.59 Å². The molecule has 1 amide bonds. The maximum absolute atomic E-state index is 11.5. The second-order valence-electron chi connectivity index (χ2n) is 3.52. The molecule has 0 saturated heterocycles. The molecule has 2 aromatic rings. The molecule has 1 aliphatic heterocycles. The van der Waals surface area contributed by atoms with E-state index < -0.39 is 11.7 Å². The van der Waals surface area contributed by atoms with E-state index >= 15 is 0 Å². The molecule has 4 heteroatoms. The molecule has 0 aliphatic carbocycles. The van der Waals surface area contributed by atoms with E-state index in [4.69, 9.17) is 4.42 Å². The maximum Gasteiger partial charge on any atom is 0.296 e. The lowest BCUT2D eigenvalue weighted by Crippen LogP contribution is -2.12. The van der Waals surface area contributed by atoms with Crippen molar-refractivity contribution in [3.8, 4) is 11.3 Å². The van der Waals surface area contributed by atoms with E-state index in [0.717, 1.165) is 5.56 Å². The highest BCUT2D eigenvalue weighted by atomic mass is 16.3. The van der Waals surface area contributed by atoms with Gasteiger partial charge in [0.1, 0.15) is 5.76 Å². The first-order chi connectivity index (χ1) is 7.75. The minimum Gasteiger partial charge on any atom is -0.464 e. The third-order valence-electron chi connectivity index (χ3n) is 2.52. The third kappa shape index (κ3) is 1.16. The van der Waals surface area contributed by atoms with Crippen LogP contribution >= 0.6 is 0 Å². The van der Waals surface area contributed by atoms with Gasteiger partial charge >= 0.3 is 0 Å². The molecule has 1 aromatic heterocycles. The van der Waals surface area contributed by atoms with Crippen molar-refractivity contribution < 1.29 is 14.0 Å². The lowest BCUT2D eigenvalue weighted by Gasteiger charge is -1.99. The van der Waals surface area contributed by atoms with Gasteiger partial charge < -0.3 is 9.73 Å².